The van der Waals surface area contributed by atoms with Crippen molar-refractivity contribution in [1.29, 1.82) is 0 Å². The molecule has 1 aromatic rings. The molecule has 1 aromatic carbocycles. The summed E-state index contributed by atoms with van der Waals surface area (Å²) in [7, 11) is 0. The van der Waals surface area contributed by atoms with E-state index in [4.69, 9.17) is 0 Å². The minimum atomic E-state index is -0.580. The molecular weight excluding hydrogens is 275 g/mol. The highest BCUT2D eigenvalue weighted by Gasteiger charge is 2.12. The number of halogens is 1. The van der Waals surface area contributed by atoms with Gasteiger partial charge in [-0.3, -0.25) is 10.1 Å². The number of nitrogens with two attached hydrogens (primary N) is 1. The second-order valence-corrected chi connectivity index (χ2v) is 1.93. The number of para-hydroxylation sites is 1. The third-order valence-electron chi connectivity index (χ3n) is 1.26. The second-order valence-electron chi connectivity index (χ2n) is 1.93. The molecule has 0 spiro atoms. The maximum absolute atomic E-state index is 10.2. The van der Waals surface area contributed by atoms with Crippen LogP contribution in [0.5, 0.6) is 0 Å². The van der Waals surface area contributed by atoms with Crippen LogP contribution in [0.4, 0.5) is 11.4 Å². The highest BCUT2D eigenvalue weighted by molar-refractivity contribution is 5.50. The molecule has 1 rings (SSSR count). The summed E-state index contributed by atoms with van der Waals surface area (Å²) in [4.78, 5) is 9.65. The van der Waals surface area contributed by atoms with Crippen LogP contribution in [-0.4, -0.2) is 4.92 Å². The molecule has 0 amide bonds. The first-order valence-corrected chi connectivity index (χ1v) is 2.94. The molecule has 2 N–H and O–H groups in total. The Morgan fingerprint density at radius 3 is 2.33 bits per heavy atom. The Balaban J connectivity index is 0.00000121. The van der Waals surface area contributed by atoms with Gasteiger partial charge in [0.2, 0.25) is 5.69 Å². The van der Waals surface area contributed by atoms with Gasteiger partial charge in [-0.25, -0.2) is 0 Å². The molecule has 66 valence electrons. The van der Waals surface area contributed by atoms with Gasteiger partial charge in [0.25, 0.3) is 0 Å². The summed E-state index contributed by atoms with van der Waals surface area (Å²) in [5, 5.41) is 20.5. The highest BCUT2D eigenvalue weighted by atomic mass is 127. The molecule has 0 aliphatic heterocycles. The topological polar surface area (TPSA) is 82.8 Å². The first-order valence-electron chi connectivity index (χ1n) is 2.94. The zero-order valence-electron chi connectivity index (χ0n) is 5.94. The minimum Gasteiger partial charge on any atom is -1.00 e. The Kier molecular flexibility index (Phi) is 4.71. The highest BCUT2D eigenvalue weighted by Crippen LogP contribution is 2.17. The van der Waals surface area contributed by atoms with Gasteiger partial charge >= 0.3 is 5.69 Å². The third kappa shape index (κ3) is 2.40. The van der Waals surface area contributed by atoms with Crippen LogP contribution in [0.2, 0.25) is 0 Å². The van der Waals surface area contributed by atoms with Crippen LogP contribution in [-0.2, 0) is 0 Å². The quantitative estimate of drug-likeness (QED) is 0.277. The maximum atomic E-state index is 10.2. The normalized spacial score (nSPS) is 8.75. The van der Waals surface area contributed by atoms with Crippen LogP contribution < -0.4 is 29.5 Å². The van der Waals surface area contributed by atoms with E-state index in [1.54, 1.807) is 6.07 Å². The predicted molar refractivity (Wildman–Crippen MR) is 38.0 cm³/mol. The summed E-state index contributed by atoms with van der Waals surface area (Å²) in [6.07, 6.45) is 0. The Hall–Kier alpha value is -0.730. The summed E-state index contributed by atoms with van der Waals surface area (Å²) in [6.45, 7) is 0. The Bertz CT molecular complexity index is 279. The van der Waals surface area contributed by atoms with Crippen LogP contribution in [0.1, 0.15) is 0 Å². The number of nitro groups is 1. The van der Waals surface area contributed by atoms with Crippen molar-refractivity contribution in [3.63, 3.8) is 0 Å². The smallest absolute Gasteiger partial charge is 0.329 e. The van der Waals surface area contributed by atoms with E-state index in [0.29, 0.717) is 5.48 Å². The lowest BCUT2D eigenvalue weighted by Gasteiger charge is -2.00. The molecule has 0 atom stereocenters. The van der Waals surface area contributed by atoms with Gasteiger partial charge in [0.05, 0.1) is 4.92 Å². The van der Waals surface area contributed by atoms with Crippen LogP contribution in [0.15, 0.2) is 24.3 Å². The van der Waals surface area contributed by atoms with Crippen molar-refractivity contribution < 1.29 is 34.4 Å². The number of nitro benzene ring substituents is 1. The van der Waals surface area contributed by atoms with Crippen molar-refractivity contribution in [2.75, 3.05) is 0 Å². The summed E-state index contributed by atoms with van der Waals surface area (Å²) in [5.74, 6) is 0. The fourth-order valence-electron chi connectivity index (χ4n) is 0.753. The van der Waals surface area contributed by atoms with Gasteiger partial charge in [0.1, 0.15) is 0 Å². The zero-order valence-corrected chi connectivity index (χ0v) is 8.09. The summed E-state index contributed by atoms with van der Waals surface area (Å²) in [6, 6.07) is 5.80. The van der Waals surface area contributed by atoms with E-state index in [0.717, 1.165) is 0 Å². The molecule has 0 fully saturated rings. The number of nitrogens with zero attached hydrogens (tertiary/aromatic N) is 1. The van der Waals surface area contributed by atoms with Crippen molar-refractivity contribution in [2.45, 2.75) is 0 Å². The number of hydrogen-bond acceptors (Lipinski definition) is 3. The van der Waals surface area contributed by atoms with Crippen LogP contribution in [0.3, 0.4) is 0 Å². The molecule has 0 saturated carbocycles. The molecule has 5 nitrogen and oxygen atoms in total. The van der Waals surface area contributed by atoms with Crippen molar-refractivity contribution >= 4 is 11.4 Å². The van der Waals surface area contributed by atoms with E-state index in [-0.39, 0.29) is 35.4 Å². The molecule has 0 aliphatic carbocycles. The number of benzene rings is 1. The molecule has 0 heterocycles. The van der Waals surface area contributed by atoms with E-state index >= 15 is 0 Å². The van der Waals surface area contributed by atoms with E-state index in [9.17, 15) is 15.3 Å². The van der Waals surface area contributed by atoms with Gasteiger partial charge in [-0.1, -0.05) is 12.1 Å². The Morgan fingerprint density at radius 2 is 1.92 bits per heavy atom. The molecule has 0 aliphatic rings. The van der Waals surface area contributed by atoms with Crippen LogP contribution in [0.25, 0.3) is 0 Å². The Labute approximate surface area is 85.5 Å². The van der Waals surface area contributed by atoms with Crippen molar-refractivity contribution in [3.05, 3.63) is 39.6 Å². The van der Waals surface area contributed by atoms with Gasteiger partial charge < -0.3 is 34.7 Å². The maximum Gasteiger partial charge on any atom is 0.329 e. The summed E-state index contributed by atoms with van der Waals surface area (Å²) in [5.41, 5.74) is 0.429. The lowest BCUT2D eigenvalue weighted by Crippen LogP contribution is -3.00. The fraction of sp³-hybridized carbons (Fsp3) is 0. The van der Waals surface area contributed by atoms with Gasteiger partial charge in [-0.05, 0) is 0 Å². The largest absolute Gasteiger partial charge is 1.00 e. The van der Waals surface area contributed by atoms with Gasteiger partial charge in [0.15, 0.2) is 0 Å². The van der Waals surface area contributed by atoms with Crippen molar-refractivity contribution in [1.82, 2.24) is 0 Å². The SMILES string of the molecule is O=[N+]([O-])c1ccccc1[NH2+][O-].[I-]. The molecule has 0 radical (unpaired) electrons. The average molecular weight is 281 g/mol. The van der Waals surface area contributed by atoms with Gasteiger partial charge in [-0.2, -0.15) is 0 Å². The number of rotatable bonds is 2. The first kappa shape index (κ1) is 11.3. The van der Waals surface area contributed by atoms with Crippen LogP contribution in [0, 0.1) is 15.3 Å². The molecule has 0 aromatic heterocycles. The Morgan fingerprint density at radius 1 is 1.33 bits per heavy atom. The van der Waals surface area contributed by atoms with E-state index in [2.05, 4.69) is 0 Å². The molecule has 0 saturated heterocycles. The van der Waals surface area contributed by atoms with Crippen molar-refractivity contribution in [2.24, 2.45) is 0 Å². The van der Waals surface area contributed by atoms with Gasteiger partial charge in [0, 0.05) is 12.1 Å². The summed E-state index contributed by atoms with van der Waals surface area (Å²) >= 11 is 0. The lowest BCUT2D eigenvalue weighted by molar-refractivity contribution is -0.507. The minimum absolute atomic E-state index is 0. The molecular formula is C6H6IN2O3-. The third-order valence-corrected chi connectivity index (χ3v) is 1.26. The van der Waals surface area contributed by atoms with Crippen LogP contribution >= 0.6 is 0 Å². The summed E-state index contributed by atoms with van der Waals surface area (Å²) < 4.78 is 0. The molecule has 12 heavy (non-hydrogen) atoms. The van der Waals surface area contributed by atoms with E-state index in [1.165, 1.54) is 18.2 Å². The monoisotopic (exact) mass is 281 g/mol. The second kappa shape index (κ2) is 5.01. The number of hydrogen-bond donors (Lipinski definition) is 1. The predicted octanol–water partition coefficient (Wildman–Crippen LogP) is -2.71. The van der Waals surface area contributed by atoms with Crippen molar-refractivity contribution in [3.8, 4) is 0 Å². The number of quaternary nitrogens is 1. The zero-order chi connectivity index (χ0) is 8.27. The molecule has 0 bridgehead atoms. The first-order chi connectivity index (χ1) is 5.25. The standard InChI is InChI=1S/C6H6N2O3.HI/c9-7-5-3-1-2-4-6(5)8(10)11;/h1-4H,7H2;1H/p-1. The van der Waals surface area contributed by atoms with E-state index in [1.807, 2.05) is 0 Å². The molecule has 6 heteroatoms. The van der Waals surface area contributed by atoms with E-state index < -0.39 is 4.92 Å². The molecule has 0 unspecified atom stereocenters. The average Bonchev–Trinajstić information content (AvgIpc) is 2.04. The fourth-order valence-corrected chi connectivity index (χ4v) is 0.753. The lowest BCUT2D eigenvalue weighted by atomic mass is 10.3. The van der Waals surface area contributed by atoms with Gasteiger partial charge in [-0.15, -0.1) is 0 Å².